The second-order valence-corrected chi connectivity index (χ2v) is 3.41. The summed E-state index contributed by atoms with van der Waals surface area (Å²) >= 11 is 1.21. The molecule has 0 fully saturated rings. The van der Waals surface area contributed by atoms with Crippen LogP contribution in [0.2, 0.25) is 0 Å². The molecule has 0 saturated heterocycles. The van der Waals surface area contributed by atoms with Crippen molar-refractivity contribution in [3.05, 3.63) is 41.3 Å². The Morgan fingerprint density at radius 3 is 2.58 bits per heavy atom. The number of rotatable bonds is 2. The molecule has 1 aromatic carbocycles. The zero-order valence-corrected chi connectivity index (χ0v) is 7.67. The number of hydrogen-bond acceptors (Lipinski definition) is 2. The van der Waals surface area contributed by atoms with E-state index in [4.69, 9.17) is 0 Å². The Hall–Kier alpha value is -1.02. The number of carbonyl (C=O) groups is 1. The molecule has 0 aliphatic carbocycles. The lowest BCUT2D eigenvalue weighted by Crippen LogP contribution is -1.74. The summed E-state index contributed by atoms with van der Waals surface area (Å²) in [6.07, 6.45) is 1.92. The van der Waals surface area contributed by atoms with E-state index in [1.165, 1.54) is 11.8 Å². The molecule has 62 valence electrons. The van der Waals surface area contributed by atoms with Gasteiger partial charge in [0.25, 0.3) is 0 Å². The maximum Gasteiger partial charge on any atom is 0.190 e. The Morgan fingerprint density at radius 2 is 2.00 bits per heavy atom. The Balaban J connectivity index is 2.52. The molecule has 0 radical (unpaired) electrons. The highest BCUT2D eigenvalue weighted by Gasteiger charge is 1.86. The van der Waals surface area contributed by atoms with E-state index < -0.39 is 0 Å². The van der Waals surface area contributed by atoms with Crippen LogP contribution in [0.25, 0.3) is 6.08 Å². The Bertz CT molecular complexity index is 277. The van der Waals surface area contributed by atoms with Crippen LogP contribution in [0.4, 0.5) is 0 Å². The van der Waals surface area contributed by atoms with E-state index in [1.54, 1.807) is 12.3 Å². The molecule has 12 heavy (non-hydrogen) atoms. The van der Waals surface area contributed by atoms with Gasteiger partial charge in [-0.2, -0.15) is 0 Å². The molecule has 0 bridgehead atoms. The second-order valence-electron chi connectivity index (χ2n) is 2.32. The summed E-state index contributed by atoms with van der Waals surface area (Å²) in [5.41, 5.74) is 1.12. The third kappa shape index (κ3) is 3.39. The minimum Gasteiger partial charge on any atom is -0.287 e. The highest BCUT2D eigenvalue weighted by Crippen LogP contribution is 2.08. The molecular formula is C10H10OS. The Labute approximate surface area is 76.5 Å². The average molecular weight is 178 g/mol. The molecule has 1 nitrogen and oxygen atoms in total. The standard InChI is InChI=1S/C10H10OS/c1-9(11)12-8-7-10-5-3-2-4-6-10/h2-8H,1H3/b8-7+. The molecule has 0 aliphatic rings. The van der Waals surface area contributed by atoms with E-state index in [0.717, 1.165) is 5.56 Å². The quantitative estimate of drug-likeness (QED) is 0.692. The number of carbonyl (C=O) groups excluding carboxylic acids is 1. The molecule has 1 rings (SSSR count). The van der Waals surface area contributed by atoms with Crippen LogP contribution in [0.3, 0.4) is 0 Å². The topological polar surface area (TPSA) is 17.1 Å². The summed E-state index contributed by atoms with van der Waals surface area (Å²) in [5.74, 6) is 0. The van der Waals surface area contributed by atoms with E-state index in [-0.39, 0.29) is 5.12 Å². The van der Waals surface area contributed by atoms with Crippen molar-refractivity contribution in [2.45, 2.75) is 6.92 Å². The Kier molecular flexibility index (Phi) is 3.61. The van der Waals surface area contributed by atoms with Crippen molar-refractivity contribution in [2.75, 3.05) is 0 Å². The first-order valence-electron chi connectivity index (χ1n) is 3.68. The molecule has 0 aromatic heterocycles. The normalized spacial score (nSPS) is 10.4. The molecule has 0 unspecified atom stereocenters. The van der Waals surface area contributed by atoms with Crippen LogP contribution in [0.5, 0.6) is 0 Å². The van der Waals surface area contributed by atoms with Gasteiger partial charge in [-0.15, -0.1) is 0 Å². The van der Waals surface area contributed by atoms with Crippen molar-refractivity contribution in [1.82, 2.24) is 0 Å². The van der Waals surface area contributed by atoms with Gasteiger partial charge in [-0.3, -0.25) is 4.79 Å². The van der Waals surface area contributed by atoms with Crippen molar-refractivity contribution in [2.24, 2.45) is 0 Å². The largest absolute Gasteiger partial charge is 0.287 e. The number of benzene rings is 1. The van der Waals surface area contributed by atoms with E-state index in [2.05, 4.69) is 0 Å². The summed E-state index contributed by atoms with van der Waals surface area (Å²) in [7, 11) is 0. The van der Waals surface area contributed by atoms with Gasteiger partial charge >= 0.3 is 0 Å². The highest BCUT2D eigenvalue weighted by atomic mass is 32.2. The van der Waals surface area contributed by atoms with Crippen molar-refractivity contribution in [3.63, 3.8) is 0 Å². The van der Waals surface area contributed by atoms with Gasteiger partial charge < -0.3 is 0 Å². The zero-order chi connectivity index (χ0) is 8.81. The van der Waals surface area contributed by atoms with Crippen molar-refractivity contribution >= 4 is 23.0 Å². The van der Waals surface area contributed by atoms with Gasteiger partial charge in [0.05, 0.1) is 0 Å². The van der Waals surface area contributed by atoms with Gasteiger partial charge in [0.2, 0.25) is 0 Å². The van der Waals surface area contributed by atoms with Crippen LogP contribution in [0.15, 0.2) is 35.7 Å². The minimum atomic E-state index is 0.113. The van der Waals surface area contributed by atoms with Crippen molar-refractivity contribution < 1.29 is 4.79 Å². The van der Waals surface area contributed by atoms with Crippen LogP contribution in [0.1, 0.15) is 12.5 Å². The molecule has 0 aliphatic heterocycles. The lowest BCUT2D eigenvalue weighted by molar-refractivity contribution is -0.109. The van der Waals surface area contributed by atoms with Gasteiger partial charge in [0, 0.05) is 6.92 Å². The molecule has 0 saturated carbocycles. The van der Waals surface area contributed by atoms with Crippen LogP contribution in [-0.2, 0) is 4.79 Å². The zero-order valence-electron chi connectivity index (χ0n) is 6.86. The first kappa shape index (κ1) is 9.07. The maximum absolute atomic E-state index is 10.5. The first-order chi connectivity index (χ1) is 5.79. The third-order valence-electron chi connectivity index (χ3n) is 1.29. The van der Waals surface area contributed by atoms with Gasteiger partial charge in [-0.05, 0) is 17.0 Å². The molecule has 2 heteroatoms. The summed E-state index contributed by atoms with van der Waals surface area (Å²) in [5, 5.41) is 1.92. The van der Waals surface area contributed by atoms with E-state index in [1.807, 2.05) is 36.4 Å². The maximum atomic E-state index is 10.5. The molecule has 0 atom stereocenters. The number of thioether (sulfide) groups is 1. The van der Waals surface area contributed by atoms with Gasteiger partial charge in [-0.1, -0.05) is 42.1 Å². The second kappa shape index (κ2) is 4.78. The average Bonchev–Trinajstić information content (AvgIpc) is 2.05. The minimum absolute atomic E-state index is 0.113. The lowest BCUT2D eigenvalue weighted by atomic mass is 10.2. The molecule has 0 spiro atoms. The SMILES string of the molecule is CC(=O)S/C=C/c1ccccc1. The molecule has 0 N–H and O–H groups in total. The smallest absolute Gasteiger partial charge is 0.190 e. The number of hydrogen-bond donors (Lipinski definition) is 0. The van der Waals surface area contributed by atoms with Gasteiger partial charge in [-0.25, -0.2) is 0 Å². The summed E-state index contributed by atoms with van der Waals surface area (Å²) in [4.78, 5) is 10.5. The van der Waals surface area contributed by atoms with Crippen LogP contribution in [-0.4, -0.2) is 5.12 Å². The fourth-order valence-corrected chi connectivity index (χ4v) is 1.19. The monoisotopic (exact) mass is 178 g/mol. The van der Waals surface area contributed by atoms with Crippen LogP contribution < -0.4 is 0 Å². The summed E-state index contributed by atoms with van der Waals surface area (Å²) in [6.45, 7) is 1.56. The lowest BCUT2D eigenvalue weighted by Gasteiger charge is -1.89. The first-order valence-corrected chi connectivity index (χ1v) is 4.56. The predicted molar refractivity (Wildman–Crippen MR) is 53.7 cm³/mol. The van der Waals surface area contributed by atoms with Gasteiger partial charge in [0.15, 0.2) is 5.12 Å². The molecular weight excluding hydrogens is 168 g/mol. The van der Waals surface area contributed by atoms with Crippen LogP contribution in [0, 0.1) is 0 Å². The van der Waals surface area contributed by atoms with Crippen molar-refractivity contribution in [1.29, 1.82) is 0 Å². The fraction of sp³-hybridized carbons (Fsp3) is 0.100. The molecule has 0 amide bonds. The predicted octanol–water partition coefficient (Wildman–Crippen LogP) is 2.94. The fourth-order valence-electron chi connectivity index (χ4n) is 0.773. The third-order valence-corrected chi connectivity index (χ3v) is 1.90. The molecule has 0 heterocycles. The molecule has 1 aromatic rings. The summed E-state index contributed by atoms with van der Waals surface area (Å²) < 4.78 is 0. The van der Waals surface area contributed by atoms with Gasteiger partial charge in [0.1, 0.15) is 0 Å². The van der Waals surface area contributed by atoms with Crippen molar-refractivity contribution in [3.8, 4) is 0 Å². The van der Waals surface area contributed by atoms with Crippen LogP contribution >= 0.6 is 11.8 Å². The van der Waals surface area contributed by atoms with E-state index in [9.17, 15) is 4.79 Å². The Morgan fingerprint density at radius 1 is 1.33 bits per heavy atom. The van der Waals surface area contributed by atoms with E-state index >= 15 is 0 Å². The summed E-state index contributed by atoms with van der Waals surface area (Å²) in [6, 6.07) is 9.90. The highest BCUT2D eigenvalue weighted by molar-refractivity contribution is 8.16. The van der Waals surface area contributed by atoms with E-state index in [0.29, 0.717) is 0 Å².